The summed E-state index contributed by atoms with van der Waals surface area (Å²) in [5.74, 6) is 0.594. The second-order valence-corrected chi connectivity index (χ2v) is 5.15. The zero-order valence-electron chi connectivity index (χ0n) is 12.0. The average Bonchev–Trinajstić information content (AvgIpc) is 2.36. The van der Waals surface area contributed by atoms with Crippen LogP contribution in [0.15, 0.2) is 12.1 Å². The highest BCUT2D eigenvalue weighted by Crippen LogP contribution is 2.26. The summed E-state index contributed by atoms with van der Waals surface area (Å²) in [4.78, 5) is 11.8. The summed E-state index contributed by atoms with van der Waals surface area (Å²) in [5, 5.41) is 3.60. The maximum atomic E-state index is 11.8. The fourth-order valence-corrected chi connectivity index (χ4v) is 1.87. The minimum absolute atomic E-state index is 0.0845. The van der Waals surface area contributed by atoms with Crippen molar-refractivity contribution in [1.29, 1.82) is 0 Å². The van der Waals surface area contributed by atoms with Gasteiger partial charge in [-0.05, 0) is 50.5 Å². The number of rotatable bonds is 6. The van der Waals surface area contributed by atoms with Crippen molar-refractivity contribution in [1.82, 2.24) is 5.32 Å². The molecule has 0 aromatic heterocycles. The Hall–Kier alpha value is -1.22. The zero-order valence-corrected chi connectivity index (χ0v) is 12.8. The molecule has 3 nitrogen and oxygen atoms in total. The summed E-state index contributed by atoms with van der Waals surface area (Å²) >= 11 is 6.10. The third kappa shape index (κ3) is 4.75. The Labute approximate surface area is 120 Å². The summed E-state index contributed by atoms with van der Waals surface area (Å²) in [7, 11) is 0. The maximum absolute atomic E-state index is 11.8. The van der Waals surface area contributed by atoms with Crippen molar-refractivity contribution in [2.45, 2.75) is 46.6 Å². The predicted molar refractivity (Wildman–Crippen MR) is 78.9 cm³/mol. The third-order valence-electron chi connectivity index (χ3n) is 2.92. The molecule has 0 spiro atoms. The Morgan fingerprint density at radius 2 is 1.95 bits per heavy atom. The van der Waals surface area contributed by atoms with Gasteiger partial charge in [0.05, 0.1) is 0 Å². The van der Waals surface area contributed by atoms with Crippen molar-refractivity contribution in [3.8, 4) is 5.75 Å². The van der Waals surface area contributed by atoms with Gasteiger partial charge in [-0.2, -0.15) is 0 Å². The summed E-state index contributed by atoms with van der Waals surface area (Å²) in [6, 6.07) is 3.70. The van der Waals surface area contributed by atoms with Gasteiger partial charge in [-0.3, -0.25) is 4.79 Å². The van der Waals surface area contributed by atoms with E-state index in [-0.39, 0.29) is 5.91 Å². The molecule has 0 fully saturated rings. The Balaban J connectivity index is 2.61. The minimum atomic E-state index is -0.503. The molecule has 0 bridgehead atoms. The van der Waals surface area contributed by atoms with E-state index in [4.69, 9.17) is 16.3 Å². The lowest BCUT2D eigenvalue weighted by atomic mass is 10.1. The lowest BCUT2D eigenvalue weighted by molar-refractivity contribution is -0.127. The SMILES string of the molecule is CCCCNC(=O)[C@H](C)Oc1cc(C)c(Cl)c(C)c1. The molecule has 0 aliphatic heterocycles. The van der Waals surface area contributed by atoms with E-state index in [1.807, 2.05) is 26.0 Å². The second-order valence-electron chi connectivity index (χ2n) is 4.78. The first-order valence-corrected chi connectivity index (χ1v) is 7.04. The van der Waals surface area contributed by atoms with Crippen molar-refractivity contribution < 1.29 is 9.53 Å². The van der Waals surface area contributed by atoms with Gasteiger partial charge in [-0.1, -0.05) is 24.9 Å². The normalized spacial score (nSPS) is 12.1. The highest BCUT2D eigenvalue weighted by molar-refractivity contribution is 6.32. The number of nitrogens with one attached hydrogen (secondary N) is 1. The number of halogens is 1. The molecule has 1 N–H and O–H groups in total. The van der Waals surface area contributed by atoms with Gasteiger partial charge in [0.25, 0.3) is 5.91 Å². The van der Waals surface area contributed by atoms with Gasteiger partial charge < -0.3 is 10.1 Å². The third-order valence-corrected chi connectivity index (χ3v) is 3.52. The number of ether oxygens (including phenoxy) is 1. The molecule has 1 atom stereocenters. The molecule has 19 heavy (non-hydrogen) atoms. The lowest BCUT2D eigenvalue weighted by Gasteiger charge is -2.16. The standard InChI is InChI=1S/C15H22ClNO2/c1-5-6-7-17-15(18)12(4)19-13-8-10(2)14(16)11(3)9-13/h8-9,12H,5-7H2,1-4H3,(H,17,18)/t12-/m0/s1. The van der Waals surface area contributed by atoms with Crippen LogP contribution in [0, 0.1) is 13.8 Å². The smallest absolute Gasteiger partial charge is 0.260 e. The van der Waals surface area contributed by atoms with Crippen molar-refractivity contribution in [3.05, 3.63) is 28.3 Å². The van der Waals surface area contributed by atoms with Crippen molar-refractivity contribution >= 4 is 17.5 Å². The van der Waals surface area contributed by atoms with E-state index in [9.17, 15) is 4.79 Å². The highest BCUT2D eigenvalue weighted by atomic mass is 35.5. The first kappa shape index (κ1) is 15.8. The molecule has 1 aromatic rings. The molecule has 106 valence electrons. The monoisotopic (exact) mass is 283 g/mol. The van der Waals surface area contributed by atoms with Gasteiger partial charge in [0.1, 0.15) is 5.75 Å². The quantitative estimate of drug-likeness (QED) is 0.810. The molecule has 1 aromatic carbocycles. The fraction of sp³-hybridized carbons (Fsp3) is 0.533. The molecule has 0 unspecified atom stereocenters. The van der Waals surface area contributed by atoms with E-state index in [1.165, 1.54) is 0 Å². The van der Waals surface area contributed by atoms with Crippen molar-refractivity contribution in [3.63, 3.8) is 0 Å². The Kier molecular flexibility index (Phi) is 6.16. The molecule has 0 saturated heterocycles. The summed E-state index contributed by atoms with van der Waals surface area (Å²) in [6.07, 6.45) is 1.54. The first-order chi connectivity index (χ1) is 8.95. The fourth-order valence-electron chi connectivity index (χ4n) is 1.76. The molecule has 0 saturated carbocycles. The molecule has 0 aliphatic carbocycles. The van der Waals surface area contributed by atoms with Gasteiger partial charge in [-0.15, -0.1) is 0 Å². The molecule has 0 heterocycles. The van der Waals surface area contributed by atoms with E-state index in [1.54, 1.807) is 6.92 Å². The van der Waals surface area contributed by atoms with Gasteiger partial charge in [0.15, 0.2) is 6.10 Å². The van der Waals surface area contributed by atoms with Crippen LogP contribution in [-0.4, -0.2) is 18.6 Å². The van der Waals surface area contributed by atoms with Gasteiger partial charge >= 0.3 is 0 Å². The van der Waals surface area contributed by atoms with Gasteiger partial charge in [0.2, 0.25) is 0 Å². The summed E-state index contributed by atoms with van der Waals surface area (Å²) in [6.45, 7) is 8.38. The second kappa shape index (κ2) is 7.39. The Morgan fingerprint density at radius 3 is 2.47 bits per heavy atom. The van der Waals surface area contributed by atoms with E-state index in [2.05, 4.69) is 12.2 Å². The topological polar surface area (TPSA) is 38.3 Å². The summed E-state index contributed by atoms with van der Waals surface area (Å²) < 4.78 is 5.65. The Bertz CT molecular complexity index is 423. The van der Waals surface area contributed by atoms with E-state index in [0.29, 0.717) is 12.3 Å². The highest BCUT2D eigenvalue weighted by Gasteiger charge is 2.14. The number of carbonyl (C=O) groups is 1. The molecule has 1 rings (SSSR count). The van der Waals surface area contributed by atoms with Crippen LogP contribution in [0.25, 0.3) is 0 Å². The predicted octanol–water partition coefficient (Wildman–Crippen LogP) is 3.64. The van der Waals surface area contributed by atoms with E-state index < -0.39 is 6.10 Å². The van der Waals surface area contributed by atoms with Crippen LogP contribution >= 0.6 is 11.6 Å². The molecular weight excluding hydrogens is 262 g/mol. The number of hydrogen-bond acceptors (Lipinski definition) is 2. The average molecular weight is 284 g/mol. The van der Waals surface area contributed by atoms with Crippen LogP contribution in [0.1, 0.15) is 37.8 Å². The maximum Gasteiger partial charge on any atom is 0.260 e. The molecule has 4 heteroatoms. The number of aryl methyl sites for hydroxylation is 2. The number of carbonyl (C=O) groups excluding carboxylic acids is 1. The minimum Gasteiger partial charge on any atom is -0.481 e. The van der Waals surface area contributed by atoms with Crippen LogP contribution in [0.3, 0.4) is 0 Å². The number of amides is 1. The molecule has 0 aliphatic rings. The van der Waals surface area contributed by atoms with Crippen molar-refractivity contribution in [2.24, 2.45) is 0 Å². The molecule has 0 radical (unpaired) electrons. The van der Waals surface area contributed by atoms with E-state index >= 15 is 0 Å². The number of benzene rings is 1. The van der Waals surface area contributed by atoms with Crippen LogP contribution in [0.5, 0.6) is 5.75 Å². The number of hydrogen-bond donors (Lipinski definition) is 1. The lowest BCUT2D eigenvalue weighted by Crippen LogP contribution is -2.36. The summed E-state index contributed by atoms with van der Waals surface area (Å²) in [5.41, 5.74) is 1.91. The number of unbranched alkanes of at least 4 members (excludes halogenated alkanes) is 1. The largest absolute Gasteiger partial charge is 0.481 e. The first-order valence-electron chi connectivity index (χ1n) is 6.66. The van der Waals surface area contributed by atoms with Crippen LogP contribution < -0.4 is 10.1 Å². The van der Waals surface area contributed by atoms with E-state index in [0.717, 1.165) is 29.0 Å². The van der Waals surface area contributed by atoms with Gasteiger partial charge in [0, 0.05) is 11.6 Å². The van der Waals surface area contributed by atoms with Crippen LogP contribution in [0.4, 0.5) is 0 Å². The molecular formula is C15H22ClNO2. The van der Waals surface area contributed by atoms with Gasteiger partial charge in [-0.25, -0.2) is 0 Å². The Morgan fingerprint density at radius 1 is 1.37 bits per heavy atom. The molecule has 1 amide bonds. The zero-order chi connectivity index (χ0) is 14.4. The van der Waals surface area contributed by atoms with Crippen LogP contribution in [0.2, 0.25) is 5.02 Å². The van der Waals surface area contributed by atoms with Crippen LogP contribution in [-0.2, 0) is 4.79 Å². The van der Waals surface area contributed by atoms with Crippen molar-refractivity contribution in [2.75, 3.05) is 6.54 Å².